The molecule has 0 saturated carbocycles. The number of benzene rings is 1. The summed E-state index contributed by atoms with van der Waals surface area (Å²) in [7, 11) is 0. The molecule has 2 N–H and O–H groups in total. The smallest absolute Gasteiger partial charge is 0.225 e. The minimum Gasteiger partial charge on any atom is -0.358 e. The second-order valence-electron chi connectivity index (χ2n) is 8.18. The Morgan fingerprint density at radius 1 is 1.33 bits per heavy atom. The molecule has 3 aromatic rings. The Morgan fingerprint density at radius 2 is 2.17 bits per heavy atom. The van der Waals surface area contributed by atoms with Crippen LogP contribution in [-0.4, -0.2) is 33.2 Å². The minimum atomic E-state index is -0.314. The first-order valence-electron chi connectivity index (χ1n) is 10.5. The van der Waals surface area contributed by atoms with Crippen LogP contribution in [-0.2, 0) is 29.1 Å². The van der Waals surface area contributed by atoms with Gasteiger partial charge in [-0.15, -0.1) is 0 Å². The molecular formula is C24H28N4O2. The molecule has 30 heavy (non-hydrogen) atoms. The maximum absolute atomic E-state index is 12.8. The molecule has 1 aliphatic rings. The molecule has 0 radical (unpaired) electrons. The van der Waals surface area contributed by atoms with Crippen LogP contribution in [0.3, 0.4) is 0 Å². The zero-order chi connectivity index (χ0) is 21.3. The quantitative estimate of drug-likeness (QED) is 0.661. The van der Waals surface area contributed by atoms with Gasteiger partial charge in [0.05, 0.1) is 11.4 Å². The number of aromatic amines is 1. The maximum atomic E-state index is 12.8. The number of hydrogen-bond acceptors (Lipinski definition) is 3. The van der Waals surface area contributed by atoms with Gasteiger partial charge in [-0.25, -0.2) is 0 Å². The van der Waals surface area contributed by atoms with Gasteiger partial charge in [-0.2, -0.15) is 0 Å². The molecule has 0 bridgehead atoms. The number of nitrogens with one attached hydrogen (secondary N) is 2. The monoisotopic (exact) mass is 404 g/mol. The Bertz CT molecular complexity index is 1090. The van der Waals surface area contributed by atoms with Crippen LogP contribution in [0, 0.1) is 19.8 Å². The van der Waals surface area contributed by atoms with Crippen LogP contribution in [0.25, 0.3) is 10.9 Å². The van der Waals surface area contributed by atoms with E-state index in [0.717, 1.165) is 23.1 Å². The lowest BCUT2D eigenvalue weighted by Crippen LogP contribution is -2.32. The van der Waals surface area contributed by atoms with Crippen LogP contribution in [0.2, 0.25) is 0 Å². The number of fused-ring (bicyclic) bond motifs is 1. The summed E-state index contributed by atoms with van der Waals surface area (Å²) >= 11 is 0. The second kappa shape index (κ2) is 8.30. The molecule has 1 aliphatic heterocycles. The van der Waals surface area contributed by atoms with E-state index < -0.39 is 0 Å². The van der Waals surface area contributed by atoms with Crippen molar-refractivity contribution in [3.8, 4) is 0 Å². The number of H-pyrrole nitrogens is 1. The second-order valence-corrected chi connectivity index (χ2v) is 8.18. The van der Waals surface area contributed by atoms with Gasteiger partial charge in [0.25, 0.3) is 0 Å². The zero-order valence-electron chi connectivity index (χ0n) is 17.8. The van der Waals surface area contributed by atoms with Crippen LogP contribution in [0.5, 0.6) is 0 Å². The molecule has 1 atom stereocenters. The first kappa shape index (κ1) is 20.1. The number of carbonyl (C=O) groups excluding carboxylic acids is 2. The van der Waals surface area contributed by atoms with Crippen molar-refractivity contribution >= 4 is 22.7 Å². The standard InChI is InChI=1S/C24H28N4O2/c1-4-21-16(3)20-9-15(2)8-18(23(20)27-21)12-26-24(30)19-10-22(29)28(14-19)13-17-6-5-7-25-11-17/h5-9,11,19,27H,4,10,12-14H2,1-3H3,(H,26,30)/t19-/m0/s1. The third kappa shape index (κ3) is 3.95. The number of hydrogen-bond donors (Lipinski definition) is 2. The number of pyridine rings is 1. The number of carbonyl (C=O) groups is 2. The SMILES string of the molecule is CCc1[nH]c2c(CNC(=O)[C@H]3CC(=O)N(Cc4cccnc4)C3)cc(C)cc2c1C. The van der Waals surface area contributed by atoms with Gasteiger partial charge in [0, 0.05) is 49.5 Å². The summed E-state index contributed by atoms with van der Waals surface area (Å²) in [6, 6.07) is 8.11. The molecular weight excluding hydrogens is 376 g/mol. The van der Waals surface area contributed by atoms with Crippen LogP contribution in [0.15, 0.2) is 36.7 Å². The van der Waals surface area contributed by atoms with Gasteiger partial charge in [0.15, 0.2) is 0 Å². The molecule has 0 unspecified atom stereocenters. The predicted molar refractivity (Wildman–Crippen MR) is 117 cm³/mol. The molecule has 1 fully saturated rings. The fourth-order valence-electron chi connectivity index (χ4n) is 4.34. The van der Waals surface area contributed by atoms with Crippen molar-refractivity contribution in [1.82, 2.24) is 20.2 Å². The van der Waals surface area contributed by atoms with Crippen molar-refractivity contribution in [2.24, 2.45) is 5.92 Å². The lowest BCUT2D eigenvalue weighted by atomic mass is 10.0. The van der Waals surface area contributed by atoms with E-state index in [2.05, 4.69) is 48.2 Å². The van der Waals surface area contributed by atoms with Crippen LogP contribution in [0.1, 0.15) is 41.3 Å². The molecule has 156 valence electrons. The summed E-state index contributed by atoms with van der Waals surface area (Å²) < 4.78 is 0. The van der Waals surface area contributed by atoms with Gasteiger partial charge in [-0.3, -0.25) is 14.6 Å². The maximum Gasteiger partial charge on any atom is 0.225 e. The van der Waals surface area contributed by atoms with Crippen molar-refractivity contribution < 1.29 is 9.59 Å². The van der Waals surface area contributed by atoms with Gasteiger partial charge in [0.2, 0.25) is 11.8 Å². The number of amides is 2. The molecule has 4 rings (SSSR count). The normalized spacial score (nSPS) is 16.4. The number of aromatic nitrogens is 2. The molecule has 6 heteroatoms. The summed E-state index contributed by atoms with van der Waals surface area (Å²) in [5.74, 6) is -0.360. The number of nitrogens with zero attached hydrogens (tertiary/aromatic N) is 2. The van der Waals surface area contributed by atoms with Gasteiger partial charge in [-0.05, 0) is 49.1 Å². The van der Waals surface area contributed by atoms with Crippen molar-refractivity contribution in [1.29, 1.82) is 0 Å². The van der Waals surface area contributed by atoms with Crippen molar-refractivity contribution in [3.63, 3.8) is 0 Å². The average molecular weight is 405 g/mol. The Labute approximate surface area is 176 Å². The highest BCUT2D eigenvalue weighted by Gasteiger charge is 2.34. The lowest BCUT2D eigenvalue weighted by molar-refractivity contribution is -0.129. The van der Waals surface area contributed by atoms with E-state index in [1.807, 2.05) is 12.1 Å². The molecule has 0 aliphatic carbocycles. The fourth-order valence-corrected chi connectivity index (χ4v) is 4.34. The molecule has 1 aromatic carbocycles. The molecule has 2 amide bonds. The summed E-state index contributed by atoms with van der Waals surface area (Å²) in [4.78, 5) is 34.5. The largest absolute Gasteiger partial charge is 0.358 e. The zero-order valence-corrected chi connectivity index (χ0v) is 17.8. The highest BCUT2D eigenvalue weighted by atomic mass is 16.2. The highest BCUT2D eigenvalue weighted by Crippen LogP contribution is 2.27. The predicted octanol–water partition coefficient (Wildman–Crippen LogP) is 3.41. The molecule has 1 saturated heterocycles. The van der Waals surface area contributed by atoms with E-state index in [-0.39, 0.29) is 24.2 Å². The van der Waals surface area contributed by atoms with E-state index in [9.17, 15) is 9.59 Å². The minimum absolute atomic E-state index is 0.0181. The molecule has 0 spiro atoms. The van der Waals surface area contributed by atoms with Crippen LogP contribution >= 0.6 is 0 Å². The fraction of sp³-hybridized carbons (Fsp3) is 0.375. The average Bonchev–Trinajstić information content (AvgIpc) is 3.26. The highest BCUT2D eigenvalue weighted by molar-refractivity contribution is 5.90. The Morgan fingerprint density at radius 3 is 2.90 bits per heavy atom. The van der Waals surface area contributed by atoms with E-state index >= 15 is 0 Å². The van der Waals surface area contributed by atoms with E-state index in [1.165, 1.54) is 22.2 Å². The third-order valence-corrected chi connectivity index (χ3v) is 5.99. The Hall–Kier alpha value is -3.15. The first-order valence-corrected chi connectivity index (χ1v) is 10.5. The topological polar surface area (TPSA) is 78.1 Å². The van der Waals surface area contributed by atoms with E-state index in [1.54, 1.807) is 17.3 Å². The van der Waals surface area contributed by atoms with Gasteiger partial charge in [0.1, 0.15) is 0 Å². The Balaban J connectivity index is 1.43. The number of likely N-dealkylation sites (tertiary alicyclic amines) is 1. The molecule has 6 nitrogen and oxygen atoms in total. The summed E-state index contributed by atoms with van der Waals surface area (Å²) in [5.41, 5.74) is 6.83. The summed E-state index contributed by atoms with van der Waals surface area (Å²) in [5, 5.41) is 4.28. The van der Waals surface area contributed by atoms with Gasteiger partial charge >= 0.3 is 0 Å². The lowest BCUT2D eigenvalue weighted by Gasteiger charge is -2.16. The number of rotatable bonds is 6. The van der Waals surface area contributed by atoms with Crippen molar-refractivity contribution in [2.45, 2.75) is 46.7 Å². The number of aryl methyl sites for hydroxylation is 3. The van der Waals surface area contributed by atoms with Gasteiger partial charge < -0.3 is 15.2 Å². The van der Waals surface area contributed by atoms with E-state index in [0.29, 0.717) is 19.6 Å². The third-order valence-electron chi connectivity index (χ3n) is 5.99. The Kier molecular flexibility index (Phi) is 5.57. The van der Waals surface area contributed by atoms with Crippen molar-refractivity contribution in [3.05, 3.63) is 64.6 Å². The summed E-state index contributed by atoms with van der Waals surface area (Å²) in [6.07, 6.45) is 4.68. The van der Waals surface area contributed by atoms with Crippen LogP contribution < -0.4 is 5.32 Å². The van der Waals surface area contributed by atoms with Crippen LogP contribution in [0.4, 0.5) is 0 Å². The van der Waals surface area contributed by atoms with E-state index in [4.69, 9.17) is 0 Å². The van der Waals surface area contributed by atoms with Gasteiger partial charge in [-0.1, -0.05) is 24.6 Å². The molecule has 3 heterocycles. The molecule has 2 aromatic heterocycles. The van der Waals surface area contributed by atoms with Crippen molar-refractivity contribution in [2.75, 3.05) is 6.54 Å². The first-order chi connectivity index (χ1) is 14.5. The summed E-state index contributed by atoms with van der Waals surface area (Å²) in [6.45, 7) is 7.75.